The lowest BCUT2D eigenvalue weighted by Gasteiger charge is -2.56. The van der Waals surface area contributed by atoms with E-state index < -0.39 is 0 Å². The van der Waals surface area contributed by atoms with Crippen molar-refractivity contribution in [1.29, 1.82) is 0 Å². The van der Waals surface area contributed by atoms with Crippen LogP contribution in [0.5, 0.6) is 0 Å². The second-order valence-electron chi connectivity index (χ2n) is 8.30. The Kier molecular flexibility index (Phi) is 3.06. The normalized spacial score (nSPS) is 43.1. The fraction of sp³-hybridized carbons (Fsp3) is 0.882. The van der Waals surface area contributed by atoms with Gasteiger partial charge in [0.2, 0.25) is 0 Å². The van der Waals surface area contributed by atoms with E-state index in [1.54, 1.807) is 0 Å². The highest BCUT2D eigenvalue weighted by atomic mass is 32.1. The number of hydrogen-bond donors (Lipinski definition) is 1. The second-order valence-corrected chi connectivity index (χ2v) is 8.68. The molecule has 4 saturated carbocycles. The van der Waals surface area contributed by atoms with Gasteiger partial charge in [-0.05, 0) is 81.3 Å². The number of aromatic amines is 1. The zero-order chi connectivity index (χ0) is 14.7. The Hall–Kier alpha value is -0.680. The van der Waals surface area contributed by atoms with Crippen molar-refractivity contribution in [1.82, 2.24) is 14.8 Å². The zero-order valence-electron chi connectivity index (χ0n) is 13.1. The Morgan fingerprint density at radius 2 is 1.86 bits per heavy atom. The van der Waals surface area contributed by atoms with Gasteiger partial charge in [0.25, 0.3) is 0 Å². The molecule has 0 aromatic carbocycles. The summed E-state index contributed by atoms with van der Waals surface area (Å²) in [5.41, 5.74) is 0.306. The molecule has 5 aliphatic rings. The Labute approximate surface area is 136 Å². The number of hydrogen-bond acceptors (Lipinski definition) is 3. The second kappa shape index (κ2) is 4.91. The molecule has 120 valence electrons. The van der Waals surface area contributed by atoms with E-state index in [4.69, 9.17) is 22.1 Å². The van der Waals surface area contributed by atoms with Crippen molar-refractivity contribution in [2.45, 2.75) is 69.4 Å². The van der Waals surface area contributed by atoms with Crippen LogP contribution in [0.15, 0.2) is 0 Å². The molecular formula is C17H25N3OS. The summed E-state index contributed by atoms with van der Waals surface area (Å²) in [6.45, 7) is 1.80. The third-order valence-corrected chi connectivity index (χ3v) is 6.99. The van der Waals surface area contributed by atoms with Crippen LogP contribution >= 0.6 is 12.2 Å². The van der Waals surface area contributed by atoms with Gasteiger partial charge in [-0.25, -0.2) is 0 Å². The summed E-state index contributed by atoms with van der Waals surface area (Å²) in [6, 6.07) is 0. The minimum absolute atomic E-state index is 0.306. The first-order valence-corrected chi connectivity index (χ1v) is 9.40. The molecule has 1 saturated heterocycles. The van der Waals surface area contributed by atoms with Crippen molar-refractivity contribution < 1.29 is 4.74 Å². The predicted molar refractivity (Wildman–Crippen MR) is 86.2 cm³/mol. The summed E-state index contributed by atoms with van der Waals surface area (Å²) in [5, 5.41) is 7.83. The molecule has 0 amide bonds. The molecule has 1 N–H and O–H groups in total. The van der Waals surface area contributed by atoms with Crippen LogP contribution in [-0.4, -0.2) is 27.5 Å². The van der Waals surface area contributed by atoms with Gasteiger partial charge in [0.05, 0.1) is 12.6 Å². The van der Waals surface area contributed by atoms with Gasteiger partial charge in [-0.2, -0.15) is 5.10 Å². The van der Waals surface area contributed by atoms with Crippen LogP contribution < -0.4 is 0 Å². The minimum Gasteiger partial charge on any atom is -0.376 e. The van der Waals surface area contributed by atoms with E-state index in [0.29, 0.717) is 11.5 Å². The standard InChI is InChI=1S/C17H25N3OS/c22-16-19-18-15(20(16)10-14-2-1-3-21-14)17-7-11-4-12(8-17)6-13(5-11)9-17/h11-14H,1-10H2,(H,19,22). The molecule has 1 unspecified atom stereocenters. The van der Waals surface area contributed by atoms with Crippen LogP contribution in [0.4, 0.5) is 0 Å². The number of H-pyrrole nitrogens is 1. The van der Waals surface area contributed by atoms with Crippen LogP contribution in [0.25, 0.3) is 0 Å². The van der Waals surface area contributed by atoms with E-state index in [9.17, 15) is 0 Å². The third kappa shape index (κ3) is 2.04. The van der Waals surface area contributed by atoms with Crippen molar-refractivity contribution in [2.24, 2.45) is 17.8 Å². The Balaban J connectivity index is 1.51. The van der Waals surface area contributed by atoms with E-state index in [1.807, 2.05) is 0 Å². The maximum atomic E-state index is 5.85. The Bertz CT molecular complexity index is 593. The fourth-order valence-electron chi connectivity index (χ4n) is 6.27. The first-order chi connectivity index (χ1) is 10.7. The molecule has 6 rings (SSSR count). The number of rotatable bonds is 3. The van der Waals surface area contributed by atoms with Crippen molar-refractivity contribution in [3.8, 4) is 0 Å². The summed E-state index contributed by atoms with van der Waals surface area (Å²) >= 11 is 5.55. The summed E-state index contributed by atoms with van der Waals surface area (Å²) in [7, 11) is 0. The lowest BCUT2D eigenvalue weighted by atomic mass is 9.49. The molecule has 22 heavy (non-hydrogen) atoms. The number of nitrogens with zero attached hydrogens (tertiary/aromatic N) is 2. The molecule has 0 spiro atoms. The fourth-order valence-corrected chi connectivity index (χ4v) is 6.48. The van der Waals surface area contributed by atoms with Gasteiger partial charge in [0.15, 0.2) is 4.77 Å². The summed E-state index contributed by atoms with van der Waals surface area (Å²) in [4.78, 5) is 0. The topological polar surface area (TPSA) is 42.8 Å². The summed E-state index contributed by atoms with van der Waals surface area (Å²) in [6.07, 6.45) is 11.1. The number of ether oxygens (including phenoxy) is 1. The quantitative estimate of drug-likeness (QED) is 0.866. The van der Waals surface area contributed by atoms with Gasteiger partial charge in [-0.3, -0.25) is 5.10 Å². The molecule has 1 aromatic rings. The van der Waals surface area contributed by atoms with Crippen LogP contribution in [0.1, 0.15) is 57.2 Å². The average Bonchev–Trinajstić information content (AvgIpc) is 3.09. The van der Waals surface area contributed by atoms with E-state index in [2.05, 4.69) is 9.67 Å². The molecule has 4 nitrogen and oxygen atoms in total. The number of aromatic nitrogens is 3. The Morgan fingerprint density at radius 1 is 1.18 bits per heavy atom. The first-order valence-electron chi connectivity index (χ1n) is 8.99. The maximum absolute atomic E-state index is 5.85. The lowest BCUT2D eigenvalue weighted by molar-refractivity contribution is -0.0123. The van der Waals surface area contributed by atoms with Crippen molar-refractivity contribution in [3.05, 3.63) is 10.6 Å². The van der Waals surface area contributed by atoms with Crippen LogP contribution in [0, 0.1) is 22.5 Å². The molecule has 1 aliphatic heterocycles. The van der Waals surface area contributed by atoms with Gasteiger partial charge in [-0.15, -0.1) is 0 Å². The Morgan fingerprint density at radius 3 is 2.45 bits per heavy atom. The molecule has 2 heterocycles. The summed E-state index contributed by atoms with van der Waals surface area (Å²) < 4.78 is 8.93. The van der Waals surface area contributed by atoms with Gasteiger partial charge in [0, 0.05) is 12.0 Å². The highest BCUT2D eigenvalue weighted by Gasteiger charge is 2.53. The smallest absolute Gasteiger partial charge is 0.195 e. The molecule has 1 aromatic heterocycles. The molecule has 5 heteroatoms. The van der Waals surface area contributed by atoms with Crippen LogP contribution in [-0.2, 0) is 16.7 Å². The SMILES string of the molecule is S=c1[nH]nc(C23CC4CC(CC(C4)C2)C3)n1CC1CCCO1. The maximum Gasteiger partial charge on any atom is 0.195 e. The van der Waals surface area contributed by atoms with Crippen molar-refractivity contribution in [3.63, 3.8) is 0 Å². The monoisotopic (exact) mass is 319 g/mol. The van der Waals surface area contributed by atoms with Crippen LogP contribution in [0.2, 0.25) is 0 Å². The lowest BCUT2D eigenvalue weighted by Crippen LogP contribution is -2.50. The van der Waals surface area contributed by atoms with Crippen molar-refractivity contribution in [2.75, 3.05) is 6.61 Å². The van der Waals surface area contributed by atoms with Gasteiger partial charge in [0.1, 0.15) is 5.82 Å². The highest BCUT2D eigenvalue weighted by Crippen LogP contribution is 2.60. The van der Waals surface area contributed by atoms with E-state index in [0.717, 1.165) is 42.1 Å². The largest absolute Gasteiger partial charge is 0.376 e. The van der Waals surface area contributed by atoms with E-state index >= 15 is 0 Å². The third-order valence-electron chi connectivity index (χ3n) is 6.68. The minimum atomic E-state index is 0.306. The molecule has 4 aliphatic carbocycles. The van der Waals surface area contributed by atoms with Gasteiger partial charge < -0.3 is 9.30 Å². The summed E-state index contributed by atoms with van der Waals surface area (Å²) in [5.74, 6) is 4.07. The van der Waals surface area contributed by atoms with Gasteiger partial charge in [-0.1, -0.05) is 0 Å². The zero-order valence-corrected chi connectivity index (χ0v) is 13.9. The molecule has 4 bridgehead atoms. The van der Waals surface area contributed by atoms with Gasteiger partial charge >= 0.3 is 0 Å². The molecule has 0 radical (unpaired) electrons. The number of nitrogens with one attached hydrogen (secondary N) is 1. The average molecular weight is 319 g/mol. The predicted octanol–water partition coefficient (Wildman–Crippen LogP) is 3.59. The van der Waals surface area contributed by atoms with E-state index in [-0.39, 0.29) is 0 Å². The molecule has 5 fully saturated rings. The first kappa shape index (κ1) is 13.7. The molecular weight excluding hydrogens is 294 g/mol. The molecule has 1 atom stereocenters. The highest BCUT2D eigenvalue weighted by molar-refractivity contribution is 7.71. The van der Waals surface area contributed by atoms with Crippen molar-refractivity contribution >= 4 is 12.2 Å². The van der Waals surface area contributed by atoms with Crippen LogP contribution in [0.3, 0.4) is 0 Å². The van der Waals surface area contributed by atoms with E-state index in [1.165, 1.54) is 50.8 Å².